The molecule has 0 aliphatic heterocycles. The molecular formula is C22H26N4O2. The summed E-state index contributed by atoms with van der Waals surface area (Å²) in [6.07, 6.45) is 12.4. The Bertz CT molecular complexity index is 917. The van der Waals surface area contributed by atoms with Crippen LogP contribution in [0.5, 0.6) is 0 Å². The molecule has 6 rings (SSSR count). The molecule has 0 radical (unpaired) electrons. The molecule has 6 nitrogen and oxygen atoms in total. The topological polar surface area (TPSA) is 79.0 Å². The quantitative estimate of drug-likeness (QED) is 0.887. The molecule has 4 fully saturated rings. The summed E-state index contributed by atoms with van der Waals surface area (Å²) in [7, 11) is 1.70. The number of amides is 1. The fourth-order valence-electron chi connectivity index (χ4n) is 6.26. The molecule has 2 aromatic rings. The Morgan fingerprint density at radius 1 is 1.18 bits per heavy atom. The number of carbonyl (C=O) groups excluding carboxylic acids is 1. The molecule has 4 aliphatic rings. The van der Waals surface area contributed by atoms with Crippen molar-refractivity contribution in [1.82, 2.24) is 19.9 Å². The van der Waals surface area contributed by atoms with Gasteiger partial charge in [0.2, 0.25) is 0 Å². The second-order valence-electron chi connectivity index (χ2n) is 9.19. The fourth-order valence-corrected chi connectivity index (χ4v) is 6.26. The molecule has 1 N–H and O–H groups in total. The largest absolute Gasteiger partial charge is 0.337 e. The monoisotopic (exact) mass is 378 g/mol. The minimum absolute atomic E-state index is 0.0249. The number of rotatable bonds is 4. The number of nitrogens with zero attached hydrogens (tertiary/aromatic N) is 3. The van der Waals surface area contributed by atoms with Crippen molar-refractivity contribution < 1.29 is 4.79 Å². The van der Waals surface area contributed by atoms with Crippen LogP contribution < -0.4 is 5.56 Å². The van der Waals surface area contributed by atoms with Crippen LogP contribution in [0.4, 0.5) is 0 Å². The molecule has 146 valence electrons. The van der Waals surface area contributed by atoms with E-state index in [4.69, 9.17) is 0 Å². The van der Waals surface area contributed by atoms with Crippen molar-refractivity contribution in [3.63, 3.8) is 0 Å². The summed E-state index contributed by atoms with van der Waals surface area (Å²) in [5, 5.41) is 0. The lowest BCUT2D eigenvalue weighted by Crippen LogP contribution is -2.50. The second-order valence-corrected chi connectivity index (χ2v) is 9.19. The molecule has 0 unspecified atom stereocenters. The van der Waals surface area contributed by atoms with Crippen LogP contribution in [0.1, 0.15) is 60.3 Å². The maximum absolute atomic E-state index is 12.8. The standard InChI is InChI=1S/C22H26N4O2/c1-26(13-14-3-2-4-23-11-14)20(28)18-12-24-21(25-19(18)27)22-8-15-5-16(9-22)7-17(6-15)10-22/h2-4,11-12,15-17H,5-10,13H2,1H3,(H,24,25,27). The summed E-state index contributed by atoms with van der Waals surface area (Å²) in [5.74, 6) is 2.84. The predicted octanol–water partition coefficient (Wildman–Crippen LogP) is 2.90. The Labute approximate surface area is 164 Å². The van der Waals surface area contributed by atoms with Crippen LogP contribution in [0, 0.1) is 17.8 Å². The maximum atomic E-state index is 12.8. The van der Waals surface area contributed by atoms with E-state index in [1.165, 1.54) is 30.4 Å². The van der Waals surface area contributed by atoms with E-state index in [9.17, 15) is 9.59 Å². The Morgan fingerprint density at radius 2 is 1.86 bits per heavy atom. The first-order valence-corrected chi connectivity index (χ1v) is 10.3. The highest BCUT2D eigenvalue weighted by Gasteiger charge is 2.52. The number of pyridine rings is 1. The Morgan fingerprint density at radius 3 is 2.43 bits per heavy atom. The molecule has 4 bridgehead atoms. The van der Waals surface area contributed by atoms with E-state index in [1.54, 1.807) is 19.4 Å². The van der Waals surface area contributed by atoms with E-state index in [-0.39, 0.29) is 22.4 Å². The minimum atomic E-state index is -0.316. The number of hydrogen-bond donors (Lipinski definition) is 1. The number of aromatic amines is 1. The maximum Gasteiger partial charge on any atom is 0.263 e. The number of H-pyrrole nitrogens is 1. The van der Waals surface area contributed by atoms with Gasteiger partial charge in [-0.3, -0.25) is 14.6 Å². The average molecular weight is 378 g/mol. The third-order valence-electron chi connectivity index (χ3n) is 7.06. The van der Waals surface area contributed by atoms with Gasteiger partial charge in [0, 0.05) is 37.6 Å². The lowest BCUT2D eigenvalue weighted by molar-refractivity contribution is -0.00954. The summed E-state index contributed by atoms with van der Waals surface area (Å²) < 4.78 is 0. The number of hydrogen-bond acceptors (Lipinski definition) is 4. The second kappa shape index (κ2) is 6.54. The molecule has 0 aromatic carbocycles. The molecule has 4 saturated carbocycles. The summed E-state index contributed by atoms with van der Waals surface area (Å²) in [5.41, 5.74) is 0.744. The minimum Gasteiger partial charge on any atom is -0.337 e. The van der Waals surface area contributed by atoms with Gasteiger partial charge in [-0.05, 0) is 67.9 Å². The van der Waals surface area contributed by atoms with Crippen LogP contribution in [-0.4, -0.2) is 32.8 Å². The zero-order valence-corrected chi connectivity index (χ0v) is 16.2. The number of carbonyl (C=O) groups is 1. The third-order valence-corrected chi connectivity index (χ3v) is 7.06. The van der Waals surface area contributed by atoms with Gasteiger partial charge < -0.3 is 9.88 Å². The molecule has 1 amide bonds. The molecule has 2 heterocycles. The SMILES string of the molecule is CN(Cc1cccnc1)C(=O)c1cnc(C23CC4CC(CC(C4)C2)C3)[nH]c1=O. The molecule has 0 saturated heterocycles. The van der Waals surface area contributed by atoms with E-state index in [2.05, 4.69) is 15.0 Å². The lowest BCUT2D eigenvalue weighted by Gasteiger charge is -2.56. The molecule has 0 spiro atoms. The zero-order valence-electron chi connectivity index (χ0n) is 16.2. The number of aromatic nitrogens is 3. The first kappa shape index (κ1) is 17.6. The molecule has 6 heteroatoms. The number of nitrogens with one attached hydrogen (secondary N) is 1. The van der Waals surface area contributed by atoms with Gasteiger partial charge in [-0.1, -0.05) is 6.07 Å². The van der Waals surface area contributed by atoms with Gasteiger partial charge in [0.15, 0.2) is 0 Å². The zero-order chi connectivity index (χ0) is 19.3. The van der Waals surface area contributed by atoms with Gasteiger partial charge >= 0.3 is 0 Å². The summed E-state index contributed by atoms with van der Waals surface area (Å²) in [4.78, 5) is 38.8. The van der Waals surface area contributed by atoms with Gasteiger partial charge in [0.25, 0.3) is 11.5 Å². The van der Waals surface area contributed by atoms with Gasteiger partial charge in [-0.25, -0.2) is 4.98 Å². The third kappa shape index (κ3) is 2.95. The predicted molar refractivity (Wildman–Crippen MR) is 105 cm³/mol. The molecule has 0 atom stereocenters. The van der Waals surface area contributed by atoms with Gasteiger partial charge in [-0.2, -0.15) is 0 Å². The Hall–Kier alpha value is -2.50. The van der Waals surface area contributed by atoms with Crippen LogP contribution in [0.15, 0.2) is 35.5 Å². The molecule has 28 heavy (non-hydrogen) atoms. The van der Waals surface area contributed by atoms with E-state index in [1.807, 2.05) is 12.1 Å². The van der Waals surface area contributed by atoms with E-state index >= 15 is 0 Å². The van der Waals surface area contributed by atoms with Crippen molar-refractivity contribution in [3.8, 4) is 0 Å². The van der Waals surface area contributed by atoms with Gasteiger partial charge in [0.05, 0.1) is 0 Å². The van der Waals surface area contributed by atoms with Crippen LogP contribution in [-0.2, 0) is 12.0 Å². The fraction of sp³-hybridized carbons (Fsp3) is 0.545. The van der Waals surface area contributed by atoms with E-state index < -0.39 is 0 Å². The van der Waals surface area contributed by atoms with E-state index in [0.717, 1.165) is 48.4 Å². The molecule has 2 aromatic heterocycles. The van der Waals surface area contributed by atoms with Crippen LogP contribution in [0.3, 0.4) is 0 Å². The van der Waals surface area contributed by atoms with Gasteiger partial charge in [-0.15, -0.1) is 0 Å². The van der Waals surface area contributed by atoms with Crippen molar-refractivity contribution >= 4 is 5.91 Å². The molecule has 4 aliphatic carbocycles. The summed E-state index contributed by atoms with van der Waals surface area (Å²) >= 11 is 0. The summed E-state index contributed by atoms with van der Waals surface area (Å²) in [6.45, 7) is 0.406. The first-order valence-electron chi connectivity index (χ1n) is 10.3. The highest BCUT2D eigenvalue weighted by atomic mass is 16.2. The first-order chi connectivity index (χ1) is 13.5. The normalized spacial score (nSPS) is 30.4. The smallest absolute Gasteiger partial charge is 0.263 e. The van der Waals surface area contributed by atoms with Crippen molar-refractivity contribution in [2.24, 2.45) is 17.8 Å². The van der Waals surface area contributed by atoms with Crippen molar-refractivity contribution in [2.45, 2.75) is 50.5 Å². The van der Waals surface area contributed by atoms with E-state index in [0.29, 0.717) is 6.54 Å². The van der Waals surface area contributed by atoms with Crippen molar-refractivity contribution in [2.75, 3.05) is 7.05 Å². The summed E-state index contributed by atoms with van der Waals surface area (Å²) in [6, 6.07) is 3.75. The van der Waals surface area contributed by atoms with Crippen LogP contribution >= 0.6 is 0 Å². The molecular weight excluding hydrogens is 352 g/mol. The lowest BCUT2D eigenvalue weighted by atomic mass is 9.49. The van der Waals surface area contributed by atoms with Crippen LogP contribution in [0.2, 0.25) is 0 Å². The highest BCUT2D eigenvalue weighted by Crippen LogP contribution is 2.59. The van der Waals surface area contributed by atoms with Crippen LogP contribution in [0.25, 0.3) is 0 Å². The highest BCUT2D eigenvalue weighted by molar-refractivity contribution is 5.93. The van der Waals surface area contributed by atoms with Gasteiger partial charge in [0.1, 0.15) is 11.4 Å². The Balaban J connectivity index is 1.38. The van der Waals surface area contributed by atoms with Crippen molar-refractivity contribution in [3.05, 3.63) is 58.0 Å². The average Bonchev–Trinajstić information content (AvgIpc) is 2.67. The Kier molecular flexibility index (Phi) is 4.11. The van der Waals surface area contributed by atoms with Crippen molar-refractivity contribution in [1.29, 1.82) is 0 Å².